The molecule has 5 heteroatoms. The fourth-order valence-corrected chi connectivity index (χ4v) is 4.81. The van der Waals surface area contributed by atoms with Crippen LogP contribution < -0.4 is 4.90 Å². The summed E-state index contributed by atoms with van der Waals surface area (Å²) in [4.78, 5) is 23.3. The summed E-state index contributed by atoms with van der Waals surface area (Å²) < 4.78 is 0. The van der Waals surface area contributed by atoms with Gasteiger partial charge in [0.2, 0.25) is 0 Å². The van der Waals surface area contributed by atoms with Crippen molar-refractivity contribution in [2.45, 2.75) is 38.5 Å². The van der Waals surface area contributed by atoms with Crippen LogP contribution in [0.25, 0.3) is 11.3 Å². The van der Waals surface area contributed by atoms with Gasteiger partial charge < -0.3 is 9.80 Å². The van der Waals surface area contributed by atoms with Crippen LogP contribution in [0.15, 0.2) is 30.3 Å². The van der Waals surface area contributed by atoms with Gasteiger partial charge in [-0.3, -0.25) is 4.79 Å². The first-order valence-electron chi connectivity index (χ1n) is 9.43. The smallest absolute Gasteiger partial charge is 0.266 e. The van der Waals surface area contributed by atoms with Crippen molar-refractivity contribution < 1.29 is 4.79 Å². The summed E-state index contributed by atoms with van der Waals surface area (Å²) >= 11 is 1.59. The van der Waals surface area contributed by atoms with Crippen LogP contribution in [0.1, 0.15) is 48.2 Å². The minimum Gasteiger partial charge on any atom is -0.348 e. The molecule has 2 aliphatic heterocycles. The Morgan fingerprint density at radius 3 is 2.20 bits per heavy atom. The van der Waals surface area contributed by atoms with Gasteiger partial charge >= 0.3 is 0 Å². The second-order valence-corrected chi connectivity index (χ2v) is 7.92. The summed E-state index contributed by atoms with van der Waals surface area (Å²) in [5.41, 5.74) is 1.91. The number of piperidine rings is 2. The van der Waals surface area contributed by atoms with Crippen molar-refractivity contribution in [1.82, 2.24) is 9.88 Å². The SMILES string of the molecule is O=C(c1sc(N2CCCCC2)nc1-c1ccccc1)N1CCCCC1. The van der Waals surface area contributed by atoms with Gasteiger partial charge in [0.25, 0.3) is 5.91 Å². The van der Waals surface area contributed by atoms with E-state index in [4.69, 9.17) is 4.98 Å². The Bertz CT molecular complexity index is 716. The van der Waals surface area contributed by atoms with Gasteiger partial charge in [-0.15, -0.1) is 0 Å². The number of hydrogen-bond acceptors (Lipinski definition) is 4. The summed E-state index contributed by atoms with van der Waals surface area (Å²) in [6, 6.07) is 10.2. The summed E-state index contributed by atoms with van der Waals surface area (Å²) in [5.74, 6) is 0.166. The predicted octanol–water partition coefficient (Wildman–Crippen LogP) is 4.43. The highest BCUT2D eigenvalue weighted by Gasteiger charge is 2.27. The minimum absolute atomic E-state index is 0.166. The van der Waals surface area contributed by atoms with Gasteiger partial charge in [-0.25, -0.2) is 4.98 Å². The van der Waals surface area contributed by atoms with E-state index in [-0.39, 0.29) is 5.91 Å². The lowest BCUT2D eigenvalue weighted by Crippen LogP contribution is -2.35. The van der Waals surface area contributed by atoms with Crippen LogP contribution in [0.4, 0.5) is 5.13 Å². The lowest BCUT2D eigenvalue weighted by molar-refractivity contribution is 0.0730. The third-order valence-electron chi connectivity index (χ3n) is 5.13. The van der Waals surface area contributed by atoms with Crippen LogP contribution >= 0.6 is 11.3 Å². The Labute approximate surface area is 153 Å². The van der Waals surface area contributed by atoms with E-state index in [0.717, 1.165) is 60.3 Å². The number of aromatic nitrogens is 1. The van der Waals surface area contributed by atoms with Crippen LogP contribution in [0.2, 0.25) is 0 Å². The van der Waals surface area contributed by atoms with Crippen LogP contribution in [0, 0.1) is 0 Å². The van der Waals surface area contributed by atoms with Gasteiger partial charge in [-0.05, 0) is 38.5 Å². The molecule has 0 unspecified atom stereocenters. The lowest BCUT2D eigenvalue weighted by Gasteiger charge is -2.26. The normalized spacial score (nSPS) is 18.4. The van der Waals surface area contributed by atoms with E-state index >= 15 is 0 Å². The molecule has 2 aromatic rings. The summed E-state index contributed by atoms with van der Waals surface area (Å²) in [5, 5.41) is 1.01. The first-order chi connectivity index (χ1) is 12.3. The minimum atomic E-state index is 0.166. The number of carbonyl (C=O) groups excluding carboxylic acids is 1. The second-order valence-electron chi connectivity index (χ2n) is 6.94. The number of amides is 1. The molecule has 132 valence electrons. The molecule has 0 atom stereocenters. The van der Waals surface area contributed by atoms with E-state index in [0.29, 0.717) is 0 Å². The van der Waals surface area contributed by atoms with Crippen molar-refractivity contribution in [1.29, 1.82) is 0 Å². The maximum absolute atomic E-state index is 13.2. The number of carbonyl (C=O) groups is 1. The molecule has 2 saturated heterocycles. The van der Waals surface area contributed by atoms with E-state index in [1.165, 1.54) is 25.7 Å². The van der Waals surface area contributed by atoms with Gasteiger partial charge in [0.1, 0.15) is 4.88 Å². The molecule has 25 heavy (non-hydrogen) atoms. The summed E-state index contributed by atoms with van der Waals surface area (Å²) in [6.45, 7) is 3.87. The zero-order valence-corrected chi connectivity index (χ0v) is 15.4. The Balaban J connectivity index is 1.69. The molecule has 0 spiro atoms. The van der Waals surface area contributed by atoms with Gasteiger partial charge in [-0.2, -0.15) is 0 Å². The maximum Gasteiger partial charge on any atom is 0.266 e. The largest absolute Gasteiger partial charge is 0.348 e. The van der Waals surface area contributed by atoms with Crippen molar-refractivity contribution in [3.8, 4) is 11.3 Å². The predicted molar refractivity (Wildman–Crippen MR) is 103 cm³/mol. The van der Waals surface area contributed by atoms with E-state index in [1.54, 1.807) is 11.3 Å². The molecule has 0 radical (unpaired) electrons. The van der Waals surface area contributed by atoms with Crippen LogP contribution in [0.5, 0.6) is 0 Å². The number of anilines is 1. The maximum atomic E-state index is 13.2. The Hall–Kier alpha value is -1.88. The van der Waals surface area contributed by atoms with Crippen molar-refractivity contribution >= 4 is 22.4 Å². The fraction of sp³-hybridized carbons (Fsp3) is 0.500. The molecule has 1 aromatic heterocycles. The third kappa shape index (κ3) is 3.56. The topological polar surface area (TPSA) is 36.4 Å². The summed E-state index contributed by atoms with van der Waals surface area (Å²) in [7, 11) is 0. The molecule has 0 aliphatic carbocycles. The monoisotopic (exact) mass is 355 g/mol. The highest BCUT2D eigenvalue weighted by Crippen LogP contribution is 2.35. The first-order valence-corrected chi connectivity index (χ1v) is 10.2. The second kappa shape index (κ2) is 7.56. The molecule has 3 heterocycles. The van der Waals surface area contributed by atoms with Gasteiger partial charge in [0.05, 0.1) is 5.69 Å². The van der Waals surface area contributed by atoms with E-state index in [1.807, 2.05) is 23.1 Å². The molecule has 0 N–H and O–H groups in total. The number of likely N-dealkylation sites (tertiary alicyclic amines) is 1. The molecule has 2 fully saturated rings. The van der Waals surface area contributed by atoms with Crippen LogP contribution in [0.3, 0.4) is 0 Å². The van der Waals surface area contributed by atoms with Crippen molar-refractivity contribution in [3.63, 3.8) is 0 Å². The lowest BCUT2D eigenvalue weighted by atomic mass is 10.1. The van der Waals surface area contributed by atoms with E-state index < -0.39 is 0 Å². The van der Waals surface area contributed by atoms with Crippen molar-refractivity contribution in [2.24, 2.45) is 0 Å². The van der Waals surface area contributed by atoms with Gasteiger partial charge in [0.15, 0.2) is 5.13 Å². The molecule has 1 aromatic carbocycles. The van der Waals surface area contributed by atoms with Crippen molar-refractivity contribution in [2.75, 3.05) is 31.1 Å². The number of hydrogen-bond donors (Lipinski definition) is 0. The third-order valence-corrected chi connectivity index (χ3v) is 6.23. The molecule has 0 saturated carbocycles. The molecular formula is C20H25N3OS. The molecular weight excluding hydrogens is 330 g/mol. The fourth-order valence-electron chi connectivity index (χ4n) is 3.71. The quantitative estimate of drug-likeness (QED) is 0.817. The first kappa shape index (κ1) is 16.6. The highest BCUT2D eigenvalue weighted by molar-refractivity contribution is 7.18. The molecule has 2 aliphatic rings. The number of nitrogens with zero attached hydrogens (tertiary/aromatic N) is 3. The standard InChI is InChI=1S/C20H25N3OS/c24-19(22-12-6-2-7-13-22)18-17(16-10-4-1-5-11-16)21-20(25-18)23-14-8-3-9-15-23/h1,4-5,10-11H,2-3,6-9,12-15H2. The molecule has 0 bridgehead atoms. The van der Waals surface area contributed by atoms with Gasteiger partial charge in [-0.1, -0.05) is 41.7 Å². The average molecular weight is 356 g/mol. The Morgan fingerprint density at radius 1 is 0.880 bits per heavy atom. The number of thiazole rings is 1. The molecule has 4 nitrogen and oxygen atoms in total. The summed E-state index contributed by atoms with van der Waals surface area (Å²) in [6.07, 6.45) is 7.20. The number of benzene rings is 1. The average Bonchev–Trinajstić information content (AvgIpc) is 3.15. The van der Waals surface area contributed by atoms with Gasteiger partial charge in [0, 0.05) is 31.7 Å². The number of rotatable bonds is 3. The highest BCUT2D eigenvalue weighted by atomic mass is 32.1. The van der Waals surface area contributed by atoms with E-state index in [9.17, 15) is 4.79 Å². The zero-order chi connectivity index (χ0) is 17.1. The molecule has 4 rings (SSSR count). The molecule has 1 amide bonds. The zero-order valence-electron chi connectivity index (χ0n) is 14.6. The Kier molecular flexibility index (Phi) is 5.02. The Morgan fingerprint density at radius 2 is 1.52 bits per heavy atom. The van der Waals surface area contributed by atoms with E-state index in [2.05, 4.69) is 17.0 Å². The van der Waals surface area contributed by atoms with Crippen LogP contribution in [-0.2, 0) is 0 Å². The van der Waals surface area contributed by atoms with Crippen molar-refractivity contribution in [3.05, 3.63) is 35.2 Å². The van der Waals surface area contributed by atoms with Crippen LogP contribution in [-0.4, -0.2) is 42.0 Å².